The van der Waals surface area contributed by atoms with Gasteiger partial charge in [0.2, 0.25) is 0 Å². The Kier molecular flexibility index (Phi) is 8.44. The summed E-state index contributed by atoms with van der Waals surface area (Å²) in [7, 11) is -3.86. The summed E-state index contributed by atoms with van der Waals surface area (Å²) in [6.07, 6.45) is 6.27. The first-order valence-corrected chi connectivity index (χ1v) is 14.1. The van der Waals surface area contributed by atoms with E-state index in [1.165, 1.54) is 28.8 Å². The molecule has 0 saturated carbocycles. The number of amides is 1. The van der Waals surface area contributed by atoms with Crippen molar-refractivity contribution >= 4 is 26.8 Å². The third kappa shape index (κ3) is 6.38. The maximum Gasteiger partial charge on any atom is 0.263 e. The van der Waals surface area contributed by atoms with Crippen molar-refractivity contribution in [1.82, 2.24) is 19.5 Å². The summed E-state index contributed by atoms with van der Waals surface area (Å²) < 4.78 is 28.7. The highest BCUT2D eigenvalue weighted by molar-refractivity contribution is 7.89. The fourth-order valence-electron chi connectivity index (χ4n) is 4.54. The number of aromatic nitrogens is 1. The quantitative estimate of drug-likeness (QED) is 0.343. The molecule has 0 bridgehead atoms. The van der Waals surface area contributed by atoms with Crippen LogP contribution in [0.4, 0.5) is 0 Å². The number of hydrogen-bond acceptors (Lipinski definition) is 5. The van der Waals surface area contributed by atoms with Gasteiger partial charge in [-0.15, -0.1) is 0 Å². The summed E-state index contributed by atoms with van der Waals surface area (Å²) in [5.41, 5.74) is 5.05. The maximum absolute atomic E-state index is 13.2. The minimum absolute atomic E-state index is 0.103. The van der Waals surface area contributed by atoms with Crippen molar-refractivity contribution < 1.29 is 13.2 Å². The summed E-state index contributed by atoms with van der Waals surface area (Å²) >= 11 is 0. The van der Waals surface area contributed by atoms with Crippen molar-refractivity contribution in [3.05, 3.63) is 107 Å². The normalized spacial score (nSPS) is 15.5. The zero-order chi connectivity index (χ0) is 27.3. The number of benzene rings is 2. The van der Waals surface area contributed by atoms with Crippen LogP contribution in [-0.4, -0.2) is 55.3 Å². The molecule has 7 nitrogen and oxygen atoms in total. The van der Waals surface area contributed by atoms with Gasteiger partial charge in [0, 0.05) is 55.6 Å². The molecule has 0 atom stereocenters. The summed E-state index contributed by atoms with van der Waals surface area (Å²) in [5.74, 6) is -0.114. The van der Waals surface area contributed by atoms with Crippen LogP contribution >= 0.6 is 0 Å². The molecule has 1 aromatic heterocycles. The number of hydrogen-bond donors (Lipinski definition) is 1. The molecule has 4 rings (SSSR count). The molecule has 38 heavy (non-hydrogen) atoms. The van der Waals surface area contributed by atoms with Gasteiger partial charge in [0.15, 0.2) is 0 Å². The predicted octanol–water partition coefficient (Wildman–Crippen LogP) is 4.49. The summed E-state index contributed by atoms with van der Waals surface area (Å²) in [4.78, 5) is 21.7. The molecule has 0 spiro atoms. The van der Waals surface area contributed by atoms with Gasteiger partial charge in [-0.3, -0.25) is 19.4 Å². The van der Waals surface area contributed by atoms with Gasteiger partial charge >= 0.3 is 0 Å². The van der Waals surface area contributed by atoms with Crippen LogP contribution in [0.15, 0.2) is 95.7 Å². The van der Waals surface area contributed by atoms with Crippen molar-refractivity contribution in [1.29, 1.82) is 0 Å². The topological polar surface area (TPSA) is 82.6 Å². The second kappa shape index (κ2) is 11.8. The highest BCUT2D eigenvalue weighted by Crippen LogP contribution is 2.21. The fourth-order valence-corrected chi connectivity index (χ4v) is 5.82. The van der Waals surface area contributed by atoms with Crippen LogP contribution in [0.5, 0.6) is 0 Å². The Bertz CT molecular complexity index is 1510. The number of rotatable bonds is 8. The number of piperazine rings is 1. The second-order valence-electron chi connectivity index (χ2n) is 9.61. The van der Waals surface area contributed by atoms with E-state index in [9.17, 15) is 13.2 Å². The SMILES string of the molecule is C=C/C(=C\C=C(/C)NS(=O)(=O)c1cccc2cccnc12)C(=O)N1CCN(Cc2cc(C)ccc2C)CC1. The van der Waals surface area contributed by atoms with E-state index in [4.69, 9.17) is 0 Å². The van der Waals surface area contributed by atoms with E-state index < -0.39 is 10.0 Å². The minimum Gasteiger partial charge on any atom is -0.336 e. The molecule has 0 unspecified atom stereocenters. The van der Waals surface area contributed by atoms with Gasteiger partial charge in [-0.1, -0.05) is 54.6 Å². The van der Waals surface area contributed by atoms with Crippen molar-refractivity contribution in [3.8, 4) is 0 Å². The molecule has 1 N–H and O–H groups in total. The molecule has 8 heteroatoms. The predicted molar refractivity (Wildman–Crippen MR) is 152 cm³/mol. The second-order valence-corrected chi connectivity index (χ2v) is 11.3. The van der Waals surface area contributed by atoms with Crippen molar-refractivity contribution in [2.24, 2.45) is 0 Å². The number of nitrogens with one attached hydrogen (secondary N) is 1. The molecule has 198 valence electrons. The van der Waals surface area contributed by atoms with Gasteiger partial charge < -0.3 is 4.90 Å². The maximum atomic E-state index is 13.2. The molecule has 1 saturated heterocycles. The van der Waals surface area contributed by atoms with Crippen LogP contribution in [0.3, 0.4) is 0 Å². The molecule has 0 radical (unpaired) electrons. The van der Waals surface area contributed by atoms with E-state index >= 15 is 0 Å². The van der Waals surface area contributed by atoms with Crippen LogP contribution in [0, 0.1) is 13.8 Å². The lowest BCUT2D eigenvalue weighted by Gasteiger charge is -2.35. The highest BCUT2D eigenvalue weighted by Gasteiger charge is 2.23. The van der Waals surface area contributed by atoms with Crippen molar-refractivity contribution in [3.63, 3.8) is 0 Å². The van der Waals surface area contributed by atoms with Gasteiger partial charge in [0.1, 0.15) is 4.90 Å². The number of nitrogens with zero attached hydrogens (tertiary/aromatic N) is 3. The van der Waals surface area contributed by atoms with Crippen LogP contribution in [0.2, 0.25) is 0 Å². The number of pyridine rings is 1. The molecule has 1 aliphatic rings. The standard InChI is InChI=1S/C30H34N4O3S/c1-5-25(30(35)34-18-16-33(17-19-34)21-27-20-22(2)11-12-23(27)3)14-13-24(4)32-38(36,37)28-10-6-8-26-9-7-15-31-29(26)28/h5-15,20,32H,1,16-19,21H2,2-4H3/b24-13+,25-14+. The van der Waals surface area contributed by atoms with E-state index in [0.717, 1.165) is 25.0 Å². The first kappa shape index (κ1) is 27.3. The minimum atomic E-state index is -3.86. The Morgan fingerprint density at radius 3 is 2.53 bits per heavy atom. The van der Waals surface area contributed by atoms with Crippen LogP contribution in [0.25, 0.3) is 10.9 Å². The van der Waals surface area contributed by atoms with Crippen LogP contribution < -0.4 is 4.72 Å². The molecule has 1 amide bonds. The first-order chi connectivity index (χ1) is 18.2. The Morgan fingerprint density at radius 2 is 1.79 bits per heavy atom. The molecular weight excluding hydrogens is 496 g/mol. The third-order valence-electron chi connectivity index (χ3n) is 6.72. The number of carbonyl (C=O) groups excluding carboxylic acids is 1. The monoisotopic (exact) mass is 530 g/mol. The lowest BCUT2D eigenvalue weighted by molar-refractivity contribution is -0.128. The highest BCUT2D eigenvalue weighted by atomic mass is 32.2. The lowest BCUT2D eigenvalue weighted by Crippen LogP contribution is -2.48. The summed E-state index contributed by atoms with van der Waals surface area (Å²) in [6.45, 7) is 13.4. The number of carbonyl (C=O) groups is 1. The van der Waals surface area contributed by atoms with Gasteiger partial charge in [-0.05, 0) is 56.2 Å². The Balaban J connectivity index is 1.40. The summed E-state index contributed by atoms with van der Waals surface area (Å²) in [6, 6.07) is 15.1. The molecule has 1 aliphatic heterocycles. The first-order valence-electron chi connectivity index (χ1n) is 12.6. The van der Waals surface area contributed by atoms with Crippen molar-refractivity contribution in [2.75, 3.05) is 26.2 Å². The van der Waals surface area contributed by atoms with E-state index in [1.807, 2.05) is 17.0 Å². The number of aryl methyl sites for hydroxylation is 2. The Morgan fingerprint density at radius 1 is 1.05 bits per heavy atom. The summed E-state index contributed by atoms with van der Waals surface area (Å²) in [5, 5.41) is 0.741. The number of allylic oxidation sites excluding steroid dienone is 3. The average molecular weight is 531 g/mol. The third-order valence-corrected chi connectivity index (χ3v) is 8.22. The van der Waals surface area contributed by atoms with Gasteiger partial charge in [-0.25, -0.2) is 8.42 Å². The van der Waals surface area contributed by atoms with E-state index in [2.05, 4.69) is 53.2 Å². The smallest absolute Gasteiger partial charge is 0.263 e. The Labute approximate surface area is 225 Å². The van der Waals surface area contributed by atoms with E-state index in [1.54, 1.807) is 37.4 Å². The number of para-hydroxylation sites is 1. The van der Waals surface area contributed by atoms with E-state index in [-0.39, 0.29) is 10.8 Å². The molecule has 2 heterocycles. The number of sulfonamides is 1. The average Bonchev–Trinajstić information content (AvgIpc) is 2.90. The molecular formula is C30H34N4O3S. The van der Waals surface area contributed by atoms with Gasteiger partial charge in [0.25, 0.3) is 15.9 Å². The molecule has 0 aliphatic carbocycles. The van der Waals surface area contributed by atoms with Crippen molar-refractivity contribution in [2.45, 2.75) is 32.2 Å². The van der Waals surface area contributed by atoms with Crippen LogP contribution in [0.1, 0.15) is 23.6 Å². The van der Waals surface area contributed by atoms with E-state index in [0.29, 0.717) is 29.9 Å². The zero-order valence-corrected chi connectivity index (χ0v) is 23.0. The fraction of sp³-hybridized carbons (Fsp3) is 0.267. The lowest BCUT2D eigenvalue weighted by atomic mass is 10.0. The van der Waals surface area contributed by atoms with Gasteiger partial charge in [0.05, 0.1) is 5.52 Å². The molecule has 1 fully saturated rings. The van der Waals surface area contributed by atoms with Gasteiger partial charge in [-0.2, -0.15) is 0 Å². The molecule has 2 aromatic carbocycles. The zero-order valence-electron chi connectivity index (χ0n) is 22.1. The largest absolute Gasteiger partial charge is 0.336 e. The Hall–Kier alpha value is -3.75. The molecule has 3 aromatic rings. The number of fused-ring (bicyclic) bond motifs is 1. The van der Waals surface area contributed by atoms with Crippen LogP contribution in [-0.2, 0) is 21.4 Å².